The van der Waals surface area contributed by atoms with E-state index in [0.29, 0.717) is 41.6 Å². The van der Waals surface area contributed by atoms with Crippen molar-refractivity contribution in [3.63, 3.8) is 0 Å². The van der Waals surface area contributed by atoms with Crippen LogP contribution in [0.4, 0.5) is 8.78 Å². The summed E-state index contributed by atoms with van der Waals surface area (Å²) in [7, 11) is 1.59. The van der Waals surface area contributed by atoms with Crippen LogP contribution in [0.3, 0.4) is 0 Å². The summed E-state index contributed by atoms with van der Waals surface area (Å²) in [6.45, 7) is 2.60. The molecular formula is C21H21F2N3O3S. The van der Waals surface area contributed by atoms with Gasteiger partial charge in [0.05, 0.1) is 16.9 Å². The summed E-state index contributed by atoms with van der Waals surface area (Å²) >= 11 is 5.28. The normalized spacial score (nSPS) is 12.1. The maximum atomic E-state index is 13.4. The minimum atomic E-state index is -0.978. The van der Waals surface area contributed by atoms with Gasteiger partial charge in [0, 0.05) is 25.8 Å². The Balaban J connectivity index is 1.84. The number of aromatic nitrogens is 2. The zero-order chi connectivity index (χ0) is 21.8. The number of fused-ring (bicyclic) bond motifs is 1. The molecule has 3 aromatic rings. The topological polar surface area (TPSA) is 76.1 Å². The van der Waals surface area contributed by atoms with Gasteiger partial charge in [0.2, 0.25) is 0 Å². The van der Waals surface area contributed by atoms with Gasteiger partial charge in [0.25, 0.3) is 11.5 Å². The van der Waals surface area contributed by atoms with Gasteiger partial charge in [-0.1, -0.05) is 6.07 Å². The summed E-state index contributed by atoms with van der Waals surface area (Å²) in [5.74, 6) is -2.35. The molecule has 158 valence electrons. The summed E-state index contributed by atoms with van der Waals surface area (Å²) in [6.07, 6.45) is 0.641. The lowest BCUT2D eigenvalue weighted by Crippen LogP contribution is -2.27. The average molecular weight is 433 g/mol. The molecule has 0 fully saturated rings. The minimum Gasteiger partial charge on any atom is -0.385 e. The third-order valence-electron chi connectivity index (χ3n) is 4.77. The molecule has 30 heavy (non-hydrogen) atoms. The molecule has 0 spiro atoms. The van der Waals surface area contributed by atoms with Crippen molar-refractivity contribution in [1.29, 1.82) is 0 Å². The number of halogens is 2. The van der Waals surface area contributed by atoms with Crippen molar-refractivity contribution in [3.8, 4) is 0 Å². The number of nitrogens with zero attached hydrogens (tertiary/aromatic N) is 1. The molecular weight excluding hydrogens is 412 g/mol. The Bertz CT molecular complexity index is 1210. The summed E-state index contributed by atoms with van der Waals surface area (Å²) in [6, 6.07) is 7.56. The van der Waals surface area contributed by atoms with Gasteiger partial charge in [-0.3, -0.25) is 14.2 Å². The second-order valence-electron chi connectivity index (χ2n) is 6.86. The number of carbonyl (C=O) groups is 1. The van der Waals surface area contributed by atoms with E-state index in [0.717, 1.165) is 12.1 Å². The molecule has 1 amide bonds. The number of rotatable bonds is 7. The molecule has 9 heteroatoms. The van der Waals surface area contributed by atoms with Crippen molar-refractivity contribution in [3.05, 3.63) is 74.3 Å². The summed E-state index contributed by atoms with van der Waals surface area (Å²) in [4.78, 5) is 28.3. The molecule has 0 bridgehead atoms. The quantitative estimate of drug-likeness (QED) is 0.438. The highest BCUT2D eigenvalue weighted by Gasteiger charge is 2.15. The van der Waals surface area contributed by atoms with Crippen molar-refractivity contribution in [2.24, 2.45) is 0 Å². The highest BCUT2D eigenvalue weighted by Crippen LogP contribution is 2.17. The van der Waals surface area contributed by atoms with Crippen LogP contribution in [0.1, 0.15) is 35.3 Å². The zero-order valence-corrected chi connectivity index (χ0v) is 17.3. The van der Waals surface area contributed by atoms with Crippen LogP contribution in [0.2, 0.25) is 0 Å². The van der Waals surface area contributed by atoms with Crippen LogP contribution >= 0.6 is 12.2 Å². The van der Waals surface area contributed by atoms with Gasteiger partial charge >= 0.3 is 0 Å². The van der Waals surface area contributed by atoms with Crippen LogP contribution < -0.4 is 10.9 Å². The van der Waals surface area contributed by atoms with Gasteiger partial charge in [0.15, 0.2) is 16.4 Å². The molecule has 0 saturated carbocycles. The number of methoxy groups -OCH3 is 1. The number of amides is 1. The summed E-state index contributed by atoms with van der Waals surface area (Å²) in [5, 5.41) is 3.14. The highest BCUT2D eigenvalue weighted by molar-refractivity contribution is 7.71. The van der Waals surface area contributed by atoms with E-state index in [2.05, 4.69) is 10.3 Å². The maximum absolute atomic E-state index is 13.4. The monoisotopic (exact) mass is 433 g/mol. The molecule has 1 atom stereocenters. The van der Waals surface area contributed by atoms with Gasteiger partial charge < -0.3 is 15.0 Å². The second-order valence-corrected chi connectivity index (χ2v) is 7.25. The lowest BCUT2D eigenvalue weighted by molar-refractivity contribution is 0.0940. The molecule has 6 nitrogen and oxygen atoms in total. The van der Waals surface area contributed by atoms with Crippen molar-refractivity contribution in [2.75, 3.05) is 13.7 Å². The third-order valence-corrected chi connectivity index (χ3v) is 5.09. The largest absolute Gasteiger partial charge is 0.385 e. The fourth-order valence-electron chi connectivity index (χ4n) is 3.11. The fraction of sp³-hybridized carbons (Fsp3) is 0.286. The first kappa shape index (κ1) is 21.8. The Hall–Kier alpha value is -2.91. The molecule has 0 radical (unpaired) electrons. The van der Waals surface area contributed by atoms with Crippen LogP contribution in [-0.2, 0) is 11.3 Å². The molecule has 1 aromatic heterocycles. The van der Waals surface area contributed by atoms with Crippen LogP contribution in [0.5, 0.6) is 0 Å². The fourth-order valence-corrected chi connectivity index (χ4v) is 3.39. The standard InChI is InChI=1S/C21H21F2N3O3S/c1-12(13-5-7-16(22)17(23)10-13)24-19(27)14-4-6-15-18(11-14)25-21(30)26(20(15)28)8-3-9-29-2/h4-7,10-12H,3,8-9H2,1-2H3,(H,24,27)(H,25,30). The van der Waals surface area contributed by atoms with Crippen molar-refractivity contribution < 1.29 is 18.3 Å². The lowest BCUT2D eigenvalue weighted by Gasteiger charge is -2.15. The zero-order valence-electron chi connectivity index (χ0n) is 16.5. The lowest BCUT2D eigenvalue weighted by atomic mass is 10.1. The van der Waals surface area contributed by atoms with E-state index in [1.165, 1.54) is 16.7 Å². The van der Waals surface area contributed by atoms with Crippen LogP contribution in [0.25, 0.3) is 10.9 Å². The molecule has 3 rings (SSSR count). The molecule has 1 heterocycles. The molecule has 0 aliphatic rings. The van der Waals surface area contributed by atoms with Gasteiger partial charge in [0.1, 0.15) is 0 Å². The van der Waals surface area contributed by atoms with E-state index in [4.69, 9.17) is 17.0 Å². The highest BCUT2D eigenvalue weighted by atomic mass is 32.1. The Kier molecular flexibility index (Phi) is 6.73. The molecule has 2 N–H and O–H groups in total. The van der Waals surface area contributed by atoms with Crippen molar-refractivity contribution in [1.82, 2.24) is 14.9 Å². The number of hydrogen-bond donors (Lipinski definition) is 2. The van der Waals surface area contributed by atoms with E-state index in [9.17, 15) is 18.4 Å². The van der Waals surface area contributed by atoms with Crippen molar-refractivity contribution >= 4 is 29.0 Å². The van der Waals surface area contributed by atoms with Gasteiger partial charge in [-0.25, -0.2) is 8.78 Å². The Morgan fingerprint density at radius 3 is 2.70 bits per heavy atom. The predicted octanol–water partition coefficient (Wildman–Crippen LogP) is 3.86. The molecule has 1 unspecified atom stereocenters. The second kappa shape index (κ2) is 9.27. The first-order valence-electron chi connectivity index (χ1n) is 9.33. The SMILES string of the molecule is COCCCn1c(=S)[nH]c2cc(C(=O)NC(C)c3ccc(F)c(F)c3)ccc2c1=O. The summed E-state index contributed by atoms with van der Waals surface area (Å²) in [5.41, 5.74) is 0.939. The van der Waals surface area contributed by atoms with Crippen molar-refractivity contribution in [2.45, 2.75) is 25.9 Å². The number of benzene rings is 2. The molecule has 0 aliphatic heterocycles. The Morgan fingerprint density at radius 2 is 2.00 bits per heavy atom. The number of aromatic amines is 1. The van der Waals surface area contributed by atoms with Crippen LogP contribution in [0, 0.1) is 16.4 Å². The number of carbonyl (C=O) groups excluding carboxylic acids is 1. The Labute approximate surface area is 176 Å². The number of nitrogens with one attached hydrogen (secondary N) is 2. The van der Waals surface area contributed by atoms with Crippen LogP contribution in [0.15, 0.2) is 41.2 Å². The maximum Gasteiger partial charge on any atom is 0.262 e. The first-order valence-corrected chi connectivity index (χ1v) is 9.74. The van der Waals surface area contributed by atoms with E-state index in [1.807, 2.05) is 0 Å². The number of ether oxygens (including phenoxy) is 1. The number of H-pyrrole nitrogens is 1. The van der Waals surface area contributed by atoms with Gasteiger partial charge in [-0.2, -0.15) is 0 Å². The van der Waals surface area contributed by atoms with Crippen LogP contribution in [-0.4, -0.2) is 29.2 Å². The minimum absolute atomic E-state index is 0.244. The third kappa shape index (κ3) is 4.63. The molecule has 2 aromatic carbocycles. The summed E-state index contributed by atoms with van der Waals surface area (Å²) < 4.78 is 33.3. The van der Waals surface area contributed by atoms with E-state index >= 15 is 0 Å². The van der Waals surface area contributed by atoms with E-state index in [-0.39, 0.29) is 10.3 Å². The average Bonchev–Trinajstić information content (AvgIpc) is 2.72. The predicted molar refractivity (Wildman–Crippen MR) is 112 cm³/mol. The molecule has 0 aliphatic carbocycles. The molecule has 0 saturated heterocycles. The smallest absolute Gasteiger partial charge is 0.262 e. The van der Waals surface area contributed by atoms with Gasteiger partial charge in [-0.15, -0.1) is 0 Å². The van der Waals surface area contributed by atoms with Gasteiger partial charge in [-0.05, 0) is 61.5 Å². The van der Waals surface area contributed by atoms with E-state index < -0.39 is 23.6 Å². The van der Waals surface area contributed by atoms with E-state index in [1.54, 1.807) is 26.2 Å². The Morgan fingerprint density at radius 1 is 1.23 bits per heavy atom. The number of hydrogen-bond acceptors (Lipinski definition) is 4. The first-order chi connectivity index (χ1) is 14.3.